The minimum absolute atomic E-state index is 0.194. The molecule has 0 radical (unpaired) electrons. The number of hydrogen-bond acceptors (Lipinski definition) is 7. The molecule has 0 atom stereocenters. The number of benzene rings is 2. The molecule has 4 rings (SSSR count). The zero-order chi connectivity index (χ0) is 23.9. The van der Waals surface area contributed by atoms with Crippen LogP contribution >= 0.6 is 11.3 Å². The van der Waals surface area contributed by atoms with E-state index >= 15 is 0 Å². The maximum absolute atomic E-state index is 12.9. The van der Waals surface area contributed by atoms with E-state index in [0.717, 1.165) is 42.6 Å². The summed E-state index contributed by atoms with van der Waals surface area (Å²) in [5.41, 5.74) is 1.49. The van der Waals surface area contributed by atoms with Crippen LogP contribution in [-0.2, 0) is 0 Å². The number of hydrogen-bond donors (Lipinski definition) is 0. The summed E-state index contributed by atoms with van der Waals surface area (Å²) in [5, 5.41) is 4.44. The molecular formula is C26H29N3O4S. The smallest absolute Gasteiger partial charge is 0.291 e. The molecule has 0 unspecified atom stereocenters. The number of fused-ring (bicyclic) bond motifs is 1. The number of ether oxygens (including phenoxy) is 3. The van der Waals surface area contributed by atoms with E-state index in [-0.39, 0.29) is 5.56 Å². The second-order valence-corrected chi connectivity index (χ2v) is 8.89. The molecule has 0 saturated heterocycles. The number of methoxy groups -OCH3 is 1. The molecule has 2 aromatic heterocycles. The Morgan fingerprint density at radius 2 is 1.71 bits per heavy atom. The second kappa shape index (κ2) is 11.2. The predicted octanol–water partition coefficient (Wildman–Crippen LogP) is 4.73. The number of aromatic nitrogens is 3. The molecule has 0 N–H and O–H groups in total. The van der Waals surface area contributed by atoms with Crippen molar-refractivity contribution in [2.45, 2.75) is 39.5 Å². The van der Waals surface area contributed by atoms with Crippen LogP contribution < -0.4 is 24.3 Å². The lowest BCUT2D eigenvalue weighted by molar-refractivity contribution is 0.288. The normalized spacial score (nSPS) is 11.8. The van der Waals surface area contributed by atoms with Crippen molar-refractivity contribution in [1.82, 2.24) is 14.6 Å². The van der Waals surface area contributed by atoms with Gasteiger partial charge in [0.15, 0.2) is 17.3 Å². The van der Waals surface area contributed by atoms with Gasteiger partial charge in [0.25, 0.3) is 5.56 Å². The number of unbranched alkanes of at least 4 members (excludes halogenated alkanes) is 2. The van der Waals surface area contributed by atoms with E-state index in [9.17, 15) is 4.79 Å². The van der Waals surface area contributed by atoms with Gasteiger partial charge in [0.1, 0.15) is 5.75 Å². The molecule has 4 aromatic rings. The number of rotatable bonds is 11. The van der Waals surface area contributed by atoms with Crippen molar-refractivity contribution in [3.8, 4) is 28.6 Å². The summed E-state index contributed by atoms with van der Waals surface area (Å²) < 4.78 is 18.9. The van der Waals surface area contributed by atoms with Crippen LogP contribution in [0.4, 0.5) is 0 Å². The van der Waals surface area contributed by atoms with Gasteiger partial charge in [-0.3, -0.25) is 4.79 Å². The first-order chi connectivity index (χ1) is 16.6. The SMILES string of the molecule is CCCCOc1ccc(-c2nc3s/c(=C\c4ccc(OCCCC)c(OC)c4)c(=O)n3n2)cc1. The van der Waals surface area contributed by atoms with Gasteiger partial charge in [-0.1, -0.05) is 44.1 Å². The van der Waals surface area contributed by atoms with Gasteiger partial charge < -0.3 is 14.2 Å². The zero-order valence-electron chi connectivity index (χ0n) is 19.7. The van der Waals surface area contributed by atoms with Crippen LogP contribution in [0, 0.1) is 0 Å². The van der Waals surface area contributed by atoms with Crippen LogP contribution in [0.2, 0.25) is 0 Å². The molecule has 0 fully saturated rings. The molecule has 0 saturated carbocycles. The standard InChI is InChI=1S/C26H29N3O4S/c1-4-6-14-32-20-11-9-19(10-12-20)24-27-26-29(28-24)25(30)23(34-26)17-18-8-13-21(22(16-18)31-3)33-15-7-5-2/h8-13,16-17H,4-7,14-15H2,1-3H3/b23-17-. The third kappa shape index (κ3) is 5.39. The van der Waals surface area contributed by atoms with Gasteiger partial charge in [-0.25, -0.2) is 0 Å². The molecule has 0 amide bonds. The van der Waals surface area contributed by atoms with Crippen LogP contribution in [0.3, 0.4) is 0 Å². The van der Waals surface area contributed by atoms with Crippen LogP contribution in [0.15, 0.2) is 47.3 Å². The summed E-state index contributed by atoms with van der Waals surface area (Å²) in [4.78, 5) is 18.1. The van der Waals surface area contributed by atoms with Crippen LogP contribution in [0.25, 0.3) is 22.4 Å². The van der Waals surface area contributed by atoms with Crippen LogP contribution in [-0.4, -0.2) is 34.9 Å². The molecule has 178 valence electrons. The highest BCUT2D eigenvalue weighted by Crippen LogP contribution is 2.28. The van der Waals surface area contributed by atoms with E-state index < -0.39 is 0 Å². The molecular weight excluding hydrogens is 450 g/mol. The van der Waals surface area contributed by atoms with Crippen molar-refractivity contribution in [3.05, 3.63) is 62.9 Å². The molecule has 0 aliphatic carbocycles. The van der Waals surface area contributed by atoms with Crippen molar-refractivity contribution in [2.24, 2.45) is 0 Å². The van der Waals surface area contributed by atoms with Gasteiger partial charge in [-0.2, -0.15) is 9.50 Å². The first-order valence-corrected chi connectivity index (χ1v) is 12.4. The first kappa shape index (κ1) is 23.8. The highest BCUT2D eigenvalue weighted by molar-refractivity contribution is 7.15. The average Bonchev–Trinajstić information content (AvgIpc) is 3.40. The van der Waals surface area contributed by atoms with Crippen molar-refractivity contribution in [2.75, 3.05) is 20.3 Å². The van der Waals surface area contributed by atoms with Crippen molar-refractivity contribution < 1.29 is 14.2 Å². The number of nitrogens with zero attached hydrogens (tertiary/aromatic N) is 3. The fraction of sp³-hybridized carbons (Fsp3) is 0.346. The van der Waals surface area contributed by atoms with E-state index in [1.54, 1.807) is 7.11 Å². The first-order valence-electron chi connectivity index (χ1n) is 11.6. The Morgan fingerprint density at radius 3 is 2.38 bits per heavy atom. The van der Waals surface area contributed by atoms with Crippen molar-refractivity contribution >= 4 is 22.4 Å². The fourth-order valence-electron chi connectivity index (χ4n) is 3.36. The maximum atomic E-state index is 12.9. The summed E-state index contributed by atoms with van der Waals surface area (Å²) in [5.74, 6) is 2.67. The fourth-order valence-corrected chi connectivity index (χ4v) is 4.27. The molecule has 0 spiro atoms. The van der Waals surface area contributed by atoms with Crippen molar-refractivity contribution in [1.29, 1.82) is 0 Å². The third-order valence-corrected chi connectivity index (χ3v) is 6.26. The zero-order valence-corrected chi connectivity index (χ0v) is 20.6. The third-order valence-electron chi connectivity index (χ3n) is 5.30. The molecule has 0 aliphatic rings. The van der Waals surface area contributed by atoms with Crippen LogP contribution in [0.1, 0.15) is 45.1 Å². The Hall–Kier alpha value is -3.39. The highest BCUT2D eigenvalue weighted by Gasteiger charge is 2.13. The highest BCUT2D eigenvalue weighted by atomic mass is 32.1. The van der Waals surface area contributed by atoms with Gasteiger partial charge in [-0.15, -0.1) is 5.10 Å². The van der Waals surface area contributed by atoms with E-state index in [0.29, 0.717) is 40.0 Å². The average molecular weight is 480 g/mol. The van der Waals surface area contributed by atoms with E-state index in [1.165, 1.54) is 15.9 Å². The largest absolute Gasteiger partial charge is 0.494 e. The van der Waals surface area contributed by atoms with Gasteiger partial charge >= 0.3 is 0 Å². The van der Waals surface area contributed by atoms with Gasteiger partial charge in [0.05, 0.1) is 24.9 Å². The van der Waals surface area contributed by atoms with Gasteiger partial charge in [0.2, 0.25) is 4.96 Å². The lowest BCUT2D eigenvalue weighted by Crippen LogP contribution is -2.23. The quantitative estimate of drug-likeness (QED) is 0.290. The summed E-state index contributed by atoms with van der Waals surface area (Å²) in [6.45, 7) is 5.60. The van der Waals surface area contributed by atoms with Crippen LogP contribution in [0.5, 0.6) is 17.2 Å². The molecule has 34 heavy (non-hydrogen) atoms. The lowest BCUT2D eigenvalue weighted by Gasteiger charge is -2.10. The second-order valence-electron chi connectivity index (χ2n) is 7.88. The summed E-state index contributed by atoms with van der Waals surface area (Å²) >= 11 is 1.31. The minimum Gasteiger partial charge on any atom is -0.494 e. The predicted molar refractivity (Wildman–Crippen MR) is 135 cm³/mol. The van der Waals surface area contributed by atoms with E-state index in [1.807, 2.05) is 48.5 Å². The Bertz CT molecular complexity index is 1350. The van der Waals surface area contributed by atoms with Gasteiger partial charge in [0, 0.05) is 5.56 Å². The Kier molecular flexibility index (Phi) is 7.80. The molecule has 7 nitrogen and oxygen atoms in total. The molecule has 8 heteroatoms. The molecule has 0 bridgehead atoms. The van der Waals surface area contributed by atoms with E-state index in [4.69, 9.17) is 14.2 Å². The summed E-state index contributed by atoms with van der Waals surface area (Å²) in [6, 6.07) is 13.3. The number of thiazole rings is 1. The monoisotopic (exact) mass is 479 g/mol. The summed E-state index contributed by atoms with van der Waals surface area (Å²) in [6.07, 6.45) is 5.99. The molecule has 0 aliphatic heterocycles. The Labute approximate surface area is 202 Å². The van der Waals surface area contributed by atoms with Crippen molar-refractivity contribution in [3.63, 3.8) is 0 Å². The van der Waals surface area contributed by atoms with E-state index in [2.05, 4.69) is 23.9 Å². The molecule has 2 aromatic carbocycles. The minimum atomic E-state index is -0.194. The Balaban J connectivity index is 1.56. The topological polar surface area (TPSA) is 75.0 Å². The summed E-state index contributed by atoms with van der Waals surface area (Å²) in [7, 11) is 1.61. The van der Waals surface area contributed by atoms with Gasteiger partial charge in [-0.05, 0) is 60.9 Å². The maximum Gasteiger partial charge on any atom is 0.291 e. The lowest BCUT2D eigenvalue weighted by atomic mass is 10.2. The molecule has 2 heterocycles. The Morgan fingerprint density at radius 1 is 0.971 bits per heavy atom.